The van der Waals surface area contributed by atoms with Crippen molar-refractivity contribution >= 4 is 11.8 Å². The van der Waals surface area contributed by atoms with E-state index >= 15 is 0 Å². The molecule has 0 radical (unpaired) electrons. The number of nitrogens with zero attached hydrogens (tertiary/aromatic N) is 2. The molecule has 1 fully saturated rings. The lowest BCUT2D eigenvalue weighted by Gasteiger charge is -2.31. The van der Waals surface area contributed by atoms with Crippen molar-refractivity contribution in [1.82, 2.24) is 9.96 Å². The molecule has 1 aromatic carbocycles. The molecule has 1 aromatic rings. The number of rotatable bonds is 5. The summed E-state index contributed by atoms with van der Waals surface area (Å²) in [6.45, 7) is 1.02. The van der Waals surface area contributed by atoms with Gasteiger partial charge in [-0.15, -0.1) is 0 Å². The molecule has 0 saturated heterocycles. The molecule has 1 saturated carbocycles. The summed E-state index contributed by atoms with van der Waals surface area (Å²) in [4.78, 5) is 31.4. The Hall–Kier alpha value is -2.15. The Morgan fingerprint density at radius 1 is 1.27 bits per heavy atom. The third kappa shape index (κ3) is 3.40. The van der Waals surface area contributed by atoms with Gasteiger partial charge in [0.1, 0.15) is 0 Å². The Kier molecular flexibility index (Phi) is 5.46. The molecule has 6 nitrogen and oxygen atoms in total. The summed E-state index contributed by atoms with van der Waals surface area (Å²) >= 11 is 0. The van der Waals surface area contributed by atoms with E-state index in [2.05, 4.69) is 0 Å². The van der Waals surface area contributed by atoms with E-state index in [9.17, 15) is 14.0 Å². The normalized spacial score (nSPS) is 22.3. The predicted octanol–water partition coefficient (Wildman–Crippen LogP) is 2.62. The first-order chi connectivity index (χ1) is 12.5. The number of carbonyl (C=O) groups is 2. The zero-order valence-corrected chi connectivity index (χ0v) is 15.5. The Morgan fingerprint density at radius 3 is 2.58 bits per heavy atom. The van der Waals surface area contributed by atoms with Gasteiger partial charge in [0.15, 0.2) is 11.6 Å². The number of hydrogen-bond donors (Lipinski definition) is 0. The number of amides is 2. The molecular formula is C19H25FN2O4. The second-order valence-corrected chi connectivity index (χ2v) is 7.04. The second kappa shape index (κ2) is 7.61. The molecule has 3 rings (SSSR count). The van der Waals surface area contributed by atoms with Crippen LogP contribution in [0.3, 0.4) is 0 Å². The summed E-state index contributed by atoms with van der Waals surface area (Å²) < 4.78 is 19.4. The topological polar surface area (TPSA) is 59.1 Å². The van der Waals surface area contributed by atoms with E-state index in [0.29, 0.717) is 24.6 Å². The van der Waals surface area contributed by atoms with Gasteiger partial charge in [0.25, 0.3) is 5.91 Å². The number of hydrogen-bond acceptors (Lipinski definition) is 4. The summed E-state index contributed by atoms with van der Waals surface area (Å²) in [6.07, 6.45) is 3.32. The van der Waals surface area contributed by atoms with Crippen LogP contribution < -0.4 is 4.74 Å². The molecule has 0 spiro atoms. The molecule has 2 aliphatic rings. The first-order valence-electron chi connectivity index (χ1n) is 8.92. The van der Waals surface area contributed by atoms with Crippen molar-refractivity contribution in [2.45, 2.75) is 32.2 Å². The molecule has 0 aromatic heterocycles. The van der Waals surface area contributed by atoms with Crippen LogP contribution in [0.15, 0.2) is 12.1 Å². The molecule has 0 N–H and O–H groups in total. The number of hydroxylamine groups is 2. The third-order valence-electron chi connectivity index (χ3n) is 5.53. The van der Waals surface area contributed by atoms with Gasteiger partial charge in [0.05, 0.1) is 19.8 Å². The lowest BCUT2D eigenvalue weighted by Crippen LogP contribution is -2.37. The van der Waals surface area contributed by atoms with Crippen LogP contribution >= 0.6 is 0 Å². The average molecular weight is 364 g/mol. The van der Waals surface area contributed by atoms with Crippen molar-refractivity contribution in [3.63, 3.8) is 0 Å². The van der Waals surface area contributed by atoms with E-state index in [4.69, 9.17) is 9.57 Å². The highest BCUT2D eigenvalue weighted by Crippen LogP contribution is 2.34. The predicted molar refractivity (Wildman–Crippen MR) is 92.9 cm³/mol. The summed E-state index contributed by atoms with van der Waals surface area (Å²) in [7, 11) is 4.49. The zero-order valence-electron chi connectivity index (χ0n) is 15.5. The van der Waals surface area contributed by atoms with Crippen LogP contribution in [0.1, 0.15) is 41.6 Å². The van der Waals surface area contributed by atoms with Crippen LogP contribution in [0.4, 0.5) is 4.39 Å². The van der Waals surface area contributed by atoms with Gasteiger partial charge in [-0.3, -0.25) is 14.4 Å². The van der Waals surface area contributed by atoms with Crippen molar-refractivity contribution in [3.05, 3.63) is 29.1 Å². The highest BCUT2D eigenvalue weighted by atomic mass is 19.1. The van der Waals surface area contributed by atoms with Crippen LogP contribution in [0.2, 0.25) is 0 Å². The van der Waals surface area contributed by atoms with Crippen LogP contribution in [0, 0.1) is 17.7 Å². The van der Waals surface area contributed by atoms with E-state index in [-0.39, 0.29) is 29.0 Å². The smallest absolute Gasteiger partial charge is 0.257 e. The number of benzene rings is 1. The van der Waals surface area contributed by atoms with E-state index in [1.54, 1.807) is 24.1 Å². The molecule has 142 valence electrons. The van der Waals surface area contributed by atoms with Gasteiger partial charge in [-0.25, -0.2) is 9.45 Å². The molecular weight excluding hydrogens is 339 g/mol. The maximum atomic E-state index is 14.4. The van der Waals surface area contributed by atoms with Gasteiger partial charge < -0.3 is 9.64 Å². The first-order valence-corrected chi connectivity index (χ1v) is 8.92. The fourth-order valence-corrected chi connectivity index (χ4v) is 3.95. The molecule has 2 amide bonds. The number of fused-ring (bicyclic) bond motifs is 1. The quantitative estimate of drug-likeness (QED) is 0.754. The molecule has 1 aliphatic heterocycles. The minimum Gasteiger partial charge on any atom is -0.494 e. The van der Waals surface area contributed by atoms with Gasteiger partial charge in [-0.2, -0.15) is 0 Å². The highest BCUT2D eigenvalue weighted by molar-refractivity contribution is 5.99. The number of halogens is 1. The van der Waals surface area contributed by atoms with Gasteiger partial charge in [0, 0.05) is 26.1 Å². The second-order valence-electron chi connectivity index (χ2n) is 7.04. The van der Waals surface area contributed by atoms with Crippen molar-refractivity contribution in [3.8, 4) is 5.75 Å². The van der Waals surface area contributed by atoms with E-state index < -0.39 is 5.82 Å². The van der Waals surface area contributed by atoms with Gasteiger partial charge in [0.2, 0.25) is 5.91 Å². The minimum absolute atomic E-state index is 0.00442. The number of ether oxygens (including phenoxy) is 1. The fourth-order valence-electron chi connectivity index (χ4n) is 3.95. The maximum Gasteiger partial charge on any atom is 0.257 e. The monoisotopic (exact) mass is 364 g/mol. The Balaban J connectivity index is 1.59. The van der Waals surface area contributed by atoms with Crippen molar-refractivity contribution in [2.24, 2.45) is 11.8 Å². The van der Waals surface area contributed by atoms with E-state index in [0.717, 1.165) is 25.7 Å². The molecule has 7 heteroatoms. The Bertz CT molecular complexity index is 701. The van der Waals surface area contributed by atoms with Crippen molar-refractivity contribution in [2.75, 3.05) is 27.8 Å². The van der Waals surface area contributed by atoms with Crippen LogP contribution in [0.25, 0.3) is 0 Å². The van der Waals surface area contributed by atoms with Crippen molar-refractivity contribution < 1.29 is 23.6 Å². The van der Waals surface area contributed by atoms with E-state index in [1.807, 2.05) is 0 Å². The molecule has 0 bridgehead atoms. The molecule has 0 unspecified atom stereocenters. The summed E-state index contributed by atoms with van der Waals surface area (Å²) in [5, 5.41) is 1.28. The number of carbonyl (C=O) groups excluding carboxylic acids is 2. The maximum absolute atomic E-state index is 14.4. The van der Waals surface area contributed by atoms with Crippen molar-refractivity contribution in [1.29, 1.82) is 0 Å². The van der Waals surface area contributed by atoms with Crippen LogP contribution in [-0.4, -0.2) is 49.6 Å². The van der Waals surface area contributed by atoms with Gasteiger partial charge in [-0.1, -0.05) is 6.07 Å². The summed E-state index contributed by atoms with van der Waals surface area (Å²) in [5.74, 6) is -0.437. The SMILES string of the molecule is COc1ccc2c(c1F)C(=O)N(CC1CCC(C(=O)N(C)OC)CC1)C2. The highest BCUT2D eigenvalue weighted by Gasteiger charge is 2.35. The van der Waals surface area contributed by atoms with E-state index in [1.165, 1.54) is 19.3 Å². The molecule has 26 heavy (non-hydrogen) atoms. The lowest BCUT2D eigenvalue weighted by molar-refractivity contribution is -0.174. The standard InChI is InChI=1S/C19H25FN2O4/c1-21(26-3)18(23)13-6-4-12(5-7-13)10-22-11-14-8-9-15(25-2)17(20)16(14)19(22)24/h8-9,12-13H,4-7,10-11H2,1-3H3. The van der Waals surface area contributed by atoms with Crippen LogP contribution in [0.5, 0.6) is 5.75 Å². The summed E-state index contributed by atoms with van der Waals surface area (Å²) in [6, 6.07) is 3.32. The summed E-state index contributed by atoms with van der Waals surface area (Å²) in [5.41, 5.74) is 0.841. The third-order valence-corrected chi connectivity index (χ3v) is 5.53. The Labute approximate surface area is 152 Å². The largest absolute Gasteiger partial charge is 0.494 e. The van der Waals surface area contributed by atoms with Gasteiger partial charge >= 0.3 is 0 Å². The average Bonchev–Trinajstić information content (AvgIpc) is 2.97. The first kappa shape index (κ1) is 18.6. The molecule has 1 aliphatic carbocycles. The minimum atomic E-state index is -0.575. The van der Waals surface area contributed by atoms with Crippen LogP contribution in [-0.2, 0) is 16.2 Å². The lowest BCUT2D eigenvalue weighted by atomic mass is 9.81. The Morgan fingerprint density at radius 2 is 1.96 bits per heavy atom. The van der Waals surface area contributed by atoms with Gasteiger partial charge in [-0.05, 0) is 43.2 Å². The fraction of sp³-hybridized carbons (Fsp3) is 0.579. The number of methoxy groups -OCH3 is 1. The molecule has 0 atom stereocenters. The molecule has 1 heterocycles. The zero-order chi connectivity index (χ0) is 18.8.